The van der Waals surface area contributed by atoms with E-state index in [1.165, 1.54) is 75.8 Å². The standard InChI is InChI=1S/C55H33NOS/c1-2-12-34(13-3-1)35-22-24-36(25-23-35)56(37-27-31-52-45(32-37)42-16-7-11-21-51(42)58-52)38-26-28-40-39-14-4-8-18-46(39)55(49(40)33-38)47-19-9-5-17-44(47)53-48(55)30-29-43-41-15-6-10-20-50(41)57-54(43)53/h1-33H. The highest BCUT2D eigenvalue weighted by Gasteiger charge is 2.52. The lowest BCUT2D eigenvalue weighted by Gasteiger charge is -2.32. The second-order valence-electron chi connectivity index (χ2n) is 15.6. The molecule has 2 heterocycles. The van der Waals surface area contributed by atoms with Crippen molar-refractivity contribution in [2.24, 2.45) is 0 Å². The number of fused-ring (bicyclic) bond motifs is 17. The summed E-state index contributed by atoms with van der Waals surface area (Å²) in [6.45, 7) is 0. The summed E-state index contributed by atoms with van der Waals surface area (Å²) >= 11 is 1.86. The molecular weight excluding hydrogens is 723 g/mol. The Kier molecular flexibility index (Phi) is 6.56. The Hall–Kier alpha value is -7.20. The Balaban J connectivity index is 1.08. The lowest BCUT2D eigenvalue weighted by molar-refractivity contribution is 0.669. The summed E-state index contributed by atoms with van der Waals surface area (Å²) in [4.78, 5) is 2.45. The first-order chi connectivity index (χ1) is 28.8. The molecule has 0 amide bonds. The quantitative estimate of drug-likeness (QED) is 0.178. The molecule has 1 spiro atoms. The van der Waals surface area contributed by atoms with Crippen LogP contribution in [-0.2, 0) is 5.41 Å². The van der Waals surface area contributed by atoms with E-state index in [1.54, 1.807) is 0 Å². The maximum Gasteiger partial charge on any atom is 0.143 e. The van der Waals surface area contributed by atoms with Gasteiger partial charge >= 0.3 is 0 Å². The van der Waals surface area contributed by atoms with Crippen molar-refractivity contribution in [3.8, 4) is 33.4 Å². The van der Waals surface area contributed by atoms with Crippen molar-refractivity contribution in [3.63, 3.8) is 0 Å². The zero-order valence-electron chi connectivity index (χ0n) is 31.3. The Morgan fingerprint density at radius 1 is 0.379 bits per heavy atom. The Labute approximate surface area is 339 Å². The molecule has 2 aliphatic carbocycles. The van der Waals surface area contributed by atoms with E-state index in [0.29, 0.717) is 0 Å². The van der Waals surface area contributed by atoms with Crippen LogP contribution in [0.4, 0.5) is 17.1 Å². The molecule has 0 radical (unpaired) electrons. The van der Waals surface area contributed by atoms with E-state index in [0.717, 1.165) is 39.0 Å². The molecule has 270 valence electrons. The summed E-state index contributed by atoms with van der Waals surface area (Å²) in [6.07, 6.45) is 0. The van der Waals surface area contributed by atoms with Gasteiger partial charge in [-0.15, -0.1) is 11.3 Å². The second-order valence-corrected chi connectivity index (χ2v) is 16.6. The van der Waals surface area contributed by atoms with Crippen LogP contribution in [0.25, 0.3) is 75.5 Å². The minimum absolute atomic E-state index is 0.530. The van der Waals surface area contributed by atoms with Gasteiger partial charge in [0.2, 0.25) is 0 Å². The first-order valence-electron chi connectivity index (χ1n) is 19.9. The number of para-hydroxylation sites is 1. The maximum atomic E-state index is 6.80. The van der Waals surface area contributed by atoms with Crippen molar-refractivity contribution in [2.45, 2.75) is 5.41 Å². The van der Waals surface area contributed by atoms with E-state index >= 15 is 0 Å². The number of thiophene rings is 1. The number of benzene rings is 9. The summed E-state index contributed by atoms with van der Waals surface area (Å²) < 4.78 is 9.40. The van der Waals surface area contributed by atoms with Crippen LogP contribution in [0.5, 0.6) is 0 Å². The van der Waals surface area contributed by atoms with Crippen molar-refractivity contribution < 1.29 is 4.42 Å². The van der Waals surface area contributed by atoms with Gasteiger partial charge in [0, 0.05) is 53.6 Å². The molecule has 13 rings (SSSR count). The molecule has 3 heteroatoms. The zero-order chi connectivity index (χ0) is 38.0. The molecular formula is C55H33NOS. The number of hydrogen-bond acceptors (Lipinski definition) is 3. The minimum atomic E-state index is -0.530. The molecule has 2 aromatic heterocycles. The van der Waals surface area contributed by atoms with Crippen LogP contribution in [0.15, 0.2) is 205 Å². The lowest BCUT2D eigenvalue weighted by atomic mass is 9.70. The highest BCUT2D eigenvalue weighted by Crippen LogP contribution is 2.64. The van der Waals surface area contributed by atoms with Crippen LogP contribution < -0.4 is 4.90 Å². The topological polar surface area (TPSA) is 16.4 Å². The summed E-state index contributed by atoms with van der Waals surface area (Å²) in [6, 6.07) is 73.7. The first-order valence-corrected chi connectivity index (χ1v) is 20.7. The van der Waals surface area contributed by atoms with Crippen molar-refractivity contribution in [2.75, 3.05) is 4.90 Å². The van der Waals surface area contributed by atoms with Crippen LogP contribution in [-0.4, -0.2) is 0 Å². The van der Waals surface area contributed by atoms with Crippen LogP contribution in [0.3, 0.4) is 0 Å². The first kappa shape index (κ1) is 31.9. The van der Waals surface area contributed by atoms with Gasteiger partial charge in [-0.2, -0.15) is 0 Å². The summed E-state index contributed by atoms with van der Waals surface area (Å²) in [7, 11) is 0. The molecule has 0 aliphatic heterocycles. The van der Waals surface area contributed by atoms with Gasteiger partial charge in [0.15, 0.2) is 0 Å². The Morgan fingerprint density at radius 2 is 1.00 bits per heavy atom. The fourth-order valence-corrected chi connectivity index (χ4v) is 11.3. The minimum Gasteiger partial charge on any atom is -0.455 e. The SMILES string of the molecule is c1ccc(-c2ccc(N(c3ccc4c(c3)C3(c5ccccc5-4)c4ccccc4-c4c3ccc3c4oc4ccccc43)c3ccc4sc5ccccc5c4c3)cc2)cc1. The number of hydrogen-bond donors (Lipinski definition) is 0. The summed E-state index contributed by atoms with van der Waals surface area (Å²) in [5, 5.41) is 4.88. The molecule has 0 saturated carbocycles. The van der Waals surface area contributed by atoms with E-state index in [-0.39, 0.29) is 0 Å². The number of nitrogens with zero attached hydrogens (tertiary/aromatic N) is 1. The van der Waals surface area contributed by atoms with Gasteiger partial charge < -0.3 is 9.32 Å². The van der Waals surface area contributed by atoms with Gasteiger partial charge in [0.05, 0.1) is 5.41 Å². The van der Waals surface area contributed by atoms with E-state index in [2.05, 4.69) is 205 Å². The monoisotopic (exact) mass is 755 g/mol. The molecule has 0 saturated heterocycles. The van der Waals surface area contributed by atoms with Crippen LogP contribution >= 0.6 is 11.3 Å². The van der Waals surface area contributed by atoms with Gasteiger partial charge in [0.1, 0.15) is 11.2 Å². The molecule has 11 aromatic rings. The molecule has 2 nitrogen and oxygen atoms in total. The van der Waals surface area contributed by atoms with Crippen molar-refractivity contribution >= 4 is 70.5 Å². The zero-order valence-corrected chi connectivity index (χ0v) is 32.1. The molecule has 0 bridgehead atoms. The highest BCUT2D eigenvalue weighted by atomic mass is 32.1. The van der Waals surface area contributed by atoms with Crippen LogP contribution in [0, 0.1) is 0 Å². The predicted molar refractivity (Wildman–Crippen MR) is 243 cm³/mol. The maximum absolute atomic E-state index is 6.80. The number of furan rings is 1. The van der Waals surface area contributed by atoms with Crippen molar-refractivity contribution in [3.05, 3.63) is 222 Å². The van der Waals surface area contributed by atoms with E-state index in [4.69, 9.17) is 4.42 Å². The number of anilines is 3. The van der Waals surface area contributed by atoms with Gasteiger partial charge in [-0.1, -0.05) is 146 Å². The third-order valence-corrected chi connectivity index (χ3v) is 13.8. The largest absolute Gasteiger partial charge is 0.455 e. The molecule has 2 aliphatic rings. The highest BCUT2D eigenvalue weighted by molar-refractivity contribution is 7.25. The second kappa shape index (κ2) is 11.9. The van der Waals surface area contributed by atoms with Gasteiger partial charge in [0.25, 0.3) is 0 Å². The van der Waals surface area contributed by atoms with Crippen molar-refractivity contribution in [1.82, 2.24) is 0 Å². The van der Waals surface area contributed by atoms with Gasteiger partial charge in [-0.05, 0) is 105 Å². The van der Waals surface area contributed by atoms with E-state index < -0.39 is 5.41 Å². The molecule has 1 unspecified atom stereocenters. The third kappa shape index (κ3) is 4.26. The van der Waals surface area contributed by atoms with Crippen LogP contribution in [0.1, 0.15) is 22.3 Å². The predicted octanol–water partition coefficient (Wildman–Crippen LogP) is 15.4. The van der Waals surface area contributed by atoms with Crippen LogP contribution in [0.2, 0.25) is 0 Å². The van der Waals surface area contributed by atoms with Crippen molar-refractivity contribution in [1.29, 1.82) is 0 Å². The molecule has 58 heavy (non-hydrogen) atoms. The summed E-state index contributed by atoms with van der Waals surface area (Å²) in [5.41, 5.74) is 17.3. The van der Waals surface area contributed by atoms with Gasteiger partial charge in [-0.3, -0.25) is 0 Å². The molecule has 0 N–H and O–H groups in total. The molecule has 9 aromatic carbocycles. The Bertz CT molecular complexity index is 3470. The van der Waals surface area contributed by atoms with E-state index in [1.807, 2.05) is 11.3 Å². The fourth-order valence-electron chi connectivity index (χ4n) is 10.3. The molecule has 1 atom stereocenters. The van der Waals surface area contributed by atoms with Gasteiger partial charge in [-0.25, -0.2) is 0 Å². The average Bonchev–Trinajstić information content (AvgIpc) is 4.02. The third-order valence-electron chi connectivity index (χ3n) is 12.7. The number of rotatable bonds is 4. The smallest absolute Gasteiger partial charge is 0.143 e. The van der Waals surface area contributed by atoms with E-state index in [9.17, 15) is 0 Å². The fraction of sp³-hybridized carbons (Fsp3) is 0.0182. The molecule has 0 fully saturated rings. The lowest BCUT2D eigenvalue weighted by Crippen LogP contribution is -2.26. The normalized spacial score (nSPS) is 15.0. The average molecular weight is 756 g/mol. The summed E-state index contributed by atoms with van der Waals surface area (Å²) in [5.74, 6) is 0. The Morgan fingerprint density at radius 3 is 1.86 bits per heavy atom.